The smallest absolute Gasteiger partial charge is 0.261 e. The Hall–Kier alpha value is -2.82. The third-order valence-corrected chi connectivity index (χ3v) is 5.26. The van der Waals surface area contributed by atoms with E-state index in [0.29, 0.717) is 31.7 Å². The molecule has 5 heteroatoms. The predicted molar refractivity (Wildman–Crippen MR) is 125 cm³/mol. The van der Waals surface area contributed by atoms with Gasteiger partial charge < -0.3 is 15.0 Å². The molecule has 0 spiro atoms. The first kappa shape index (κ1) is 24.4. The Bertz CT molecular complexity index is 816. The molecule has 0 aliphatic heterocycles. The largest absolute Gasteiger partial charge is 0.484 e. The summed E-state index contributed by atoms with van der Waals surface area (Å²) in [5.41, 5.74) is 3.31. The average molecular weight is 425 g/mol. The van der Waals surface area contributed by atoms with Crippen LogP contribution in [0.25, 0.3) is 0 Å². The van der Waals surface area contributed by atoms with Crippen LogP contribution in [0.1, 0.15) is 49.8 Å². The maximum Gasteiger partial charge on any atom is 0.261 e. The van der Waals surface area contributed by atoms with Gasteiger partial charge in [-0.05, 0) is 61.9 Å². The number of carbonyl (C=O) groups excluding carboxylic acids is 2. The van der Waals surface area contributed by atoms with Crippen LogP contribution in [0.3, 0.4) is 0 Å². The SMILES string of the molecule is CCCCNC(=O)C(CC)N(CCc1ccccc1)C(=O)COc1cc(C)cc(C)c1. The van der Waals surface area contributed by atoms with Gasteiger partial charge >= 0.3 is 0 Å². The average Bonchev–Trinajstić information content (AvgIpc) is 2.75. The molecular formula is C26H36N2O3. The van der Waals surface area contributed by atoms with Crippen LogP contribution in [-0.4, -0.2) is 42.5 Å². The number of benzene rings is 2. The number of carbonyl (C=O) groups is 2. The Morgan fingerprint density at radius 3 is 2.32 bits per heavy atom. The third-order valence-electron chi connectivity index (χ3n) is 5.26. The third kappa shape index (κ3) is 8.08. The Morgan fingerprint density at radius 2 is 1.71 bits per heavy atom. The molecule has 0 saturated carbocycles. The van der Waals surface area contributed by atoms with Crippen LogP contribution in [0, 0.1) is 13.8 Å². The number of hydrogen-bond acceptors (Lipinski definition) is 3. The molecule has 0 fully saturated rings. The highest BCUT2D eigenvalue weighted by molar-refractivity contribution is 5.88. The number of nitrogens with one attached hydrogen (secondary N) is 1. The van der Waals surface area contributed by atoms with Crippen molar-refractivity contribution in [1.82, 2.24) is 10.2 Å². The van der Waals surface area contributed by atoms with E-state index >= 15 is 0 Å². The normalized spacial score (nSPS) is 11.6. The molecule has 0 bridgehead atoms. The van der Waals surface area contributed by atoms with Crippen molar-refractivity contribution in [3.05, 3.63) is 65.2 Å². The second-order valence-corrected chi connectivity index (χ2v) is 8.00. The minimum Gasteiger partial charge on any atom is -0.484 e. The minimum absolute atomic E-state index is 0.0869. The number of hydrogen-bond donors (Lipinski definition) is 1. The molecule has 1 atom stereocenters. The standard InChI is InChI=1S/C26H36N2O3/c1-5-7-14-27-26(30)24(6-2)28(15-13-22-11-9-8-10-12-22)25(29)19-31-23-17-20(3)16-21(4)18-23/h8-12,16-18,24H,5-7,13-15,19H2,1-4H3,(H,27,30). The summed E-state index contributed by atoms with van der Waals surface area (Å²) in [4.78, 5) is 27.7. The molecule has 0 radical (unpaired) electrons. The van der Waals surface area contributed by atoms with Crippen LogP contribution in [0.4, 0.5) is 0 Å². The van der Waals surface area contributed by atoms with Crippen LogP contribution >= 0.6 is 0 Å². The molecule has 0 saturated heterocycles. The number of aryl methyl sites for hydroxylation is 2. The van der Waals surface area contributed by atoms with Gasteiger partial charge in [0.15, 0.2) is 6.61 Å². The lowest BCUT2D eigenvalue weighted by Crippen LogP contribution is -2.51. The Morgan fingerprint density at radius 1 is 1.03 bits per heavy atom. The van der Waals surface area contributed by atoms with Gasteiger partial charge in [0.2, 0.25) is 5.91 Å². The van der Waals surface area contributed by atoms with E-state index < -0.39 is 6.04 Å². The van der Waals surface area contributed by atoms with Crippen molar-refractivity contribution in [2.75, 3.05) is 19.7 Å². The van der Waals surface area contributed by atoms with Crippen LogP contribution in [-0.2, 0) is 16.0 Å². The predicted octanol–water partition coefficient (Wildman–Crippen LogP) is 4.45. The molecule has 31 heavy (non-hydrogen) atoms. The van der Waals surface area contributed by atoms with Crippen molar-refractivity contribution in [2.24, 2.45) is 0 Å². The van der Waals surface area contributed by atoms with Crippen molar-refractivity contribution in [1.29, 1.82) is 0 Å². The van der Waals surface area contributed by atoms with Gasteiger partial charge in [-0.25, -0.2) is 0 Å². The summed E-state index contributed by atoms with van der Waals surface area (Å²) in [7, 11) is 0. The first-order chi connectivity index (χ1) is 14.9. The fraction of sp³-hybridized carbons (Fsp3) is 0.462. The molecule has 2 aromatic carbocycles. The maximum absolute atomic E-state index is 13.2. The van der Waals surface area contributed by atoms with E-state index in [4.69, 9.17) is 4.74 Å². The topological polar surface area (TPSA) is 58.6 Å². The molecule has 0 aromatic heterocycles. The Balaban J connectivity index is 2.11. The van der Waals surface area contributed by atoms with Crippen molar-refractivity contribution in [3.63, 3.8) is 0 Å². The van der Waals surface area contributed by atoms with E-state index in [1.165, 1.54) is 0 Å². The molecular weight excluding hydrogens is 388 g/mol. The number of amides is 2. The summed E-state index contributed by atoms with van der Waals surface area (Å²) in [5.74, 6) is 0.408. The van der Waals surface area contributed by atoms with Crippen molar-refractivity contribution < 1.29 is 14.3 Å². The first-order valence-corrected chi connectivity index (χ1v) is 11.3. The zero-order valence-corrected chi connectivity index (χ0v) is 19.3. The quantitative estimate of drug-likeness (QED) is 0.512. The molecule has 2 aromatic rings. The molecule has 0 aliphatic carbocycles. The number of unbranched alkanes of at least 4 members (excludes halogenated alkanes) is 1. The summed E-state index contributed by atoms with van der Waals surface area (Å²) in [6.45, 7) is 9.05. The van der Waals surface area contributed by atoms with Gasteiger partial charge in [0, 0.05) is 13.1 Å². The van der Waals surface area contributed by atoms with Crippen LogP contribution in [0.2, 0.25) is 0 Å². The zero-order valence-electron chi connectivity index (χ0n) is 19.3. The van der Waals surface area contributed by atoms with E-state index in [9.17, 15) is 9.59 Å². The molecule has 5 nitrogen and oxygen atoms in total. The fourth-order valence-electron chi connectivity index (χ4n) is 3.65. The van der Waals surface area contributed by atoms with Crippen molar-refractivity contribution in [2.45, 2.75) is 59.4 Å². The highest BCUT2D eigenvalue weighted by atomic mass is 16.5. The van der Waals surface area contributed by atoms with Gasteiger partial charge in [-0.1, -0.05) is 56.7 Å². The van der Waals surface area contributed by atoms with Gasteiger partial charge in [0.1, 0.15) is 11.8 Å². The van der Waals surface area contributed by atoms with Crippen molar-refractivity contribution in [3.8, 4) is 5.75 Å². The second-order valence-electron chi connectivity index (χ2n) is 8.00. The Kier molecular flexibility index (Phi) is 10.1. The highest BCUT2D eigenvalue weighted by Crippen LogP contribution is 2.17. The molecule has 0 aliphatic rings. The molecule has 1 unspecified atom stereocenters. The number of ether oxygens (including phenoxy) is 1. The monoisotopic (exact) mass is 424 g/mol. The minimum atomic E-state index is -0.504. The lowest BCUT2D eigenvalue weighted by Gasteiger charge is -2.30. The van der Waals surface area contributed by atoms with Gasteiger partial charge in [0.05, 0.1) is 0 Å². The second kappa shape index (κ2) is 12.8. The first-order valence-electron chi connectivity index (χ1n) is 11.3. The van der Waals surface area contributed by atoms with Crippen molar-refractivity contribution >= 4 is 11.8 Å². The van der Waals surface area contributed by atoms with E-state index in [2.05, 4.69) is 18.3 Å². The van der Waals surface area contributed by atoms with Gasteiger partial charge in [-0.2, -0.15) is 0 Å². The lowest BCUT2D eigenvalue weighted by molar-refractivity contribution is -0.142. The van der Waals surface area contributed by atoms with E-state index in [0.717, 1.165) is 29.5 Å². The zero-order chi connectivity index (χ0) is 22.6. The fourth-order valence-corrected chi connectivity index (χ4v) is 3.65. The van der Waals surface area contributed by atoms with E-state index in [1.807, 2.05) is 63.2 Å². The van der Waals surface area contributed by atoms with Crippen LogP contribution in [0.15, 0.2) is 48.5 Å². The molecule has 2 amide bonds. The van der Waals surface area contributed by atoms with E-state index in [1.54, 1.807) is 4.90 Å². The molecule has 1 N–H and O–H groups in total. The summed E-state index contributed by atoms with van der Waals surface area (Å²) in [5, 5.41) is 2.98. The summed E-state index contributed by atoms with van der Waals surface area (Å²) < 4.78 is 5.81. The number of nitrogens with zero attached hydrogens (tertiary/aromatic N) is 1. The number of rotatable bonds is 12. The van der Waals surface area contributed by atoms with Gasteiger partial charge in [-0.3, -0.25) is 9.59 Å². The molecule has 2 rings (SSSR count). The summed E-state index contributed by atoms with van der Waals surface area (Å²) in [6.07, 6.45) is 3.18. The highest BCUT2D eigenvalue weighted by Gasteiger charge is 2.28. The van der Waals surface area contributed by atoms with Crippen LogP contribution in [0.5, 0.6) is 5.75 Å². The van der Waals surface area contributed by atoms with Crippen LogP contribution < -0.4 is 10.1 Å². The maximum atomic E-state index is 13.2. The summed E-state index contributed by atoms with van der Waals surface area (Å²) in [6, 6.07) is 15.4. The van der Waals surface area contributed by atoms with Gasteiger partial charge in [0.25, 0.3) is 5.91 Å². The lowest BCUT2D eigenvalue weighted by atomic mass is 10.1. The molecule has 168 valence electrons. The Labute approximate surface area is 186 Å². The molecule has 0 heterocycles. The van der Waals surface area contributed by atoms with E-state index in [-0.39, 0.29) is 18.4 Å². The summed E-state index contributed by atoms with van der Waals surface area (Å²) >= 11 is 0. The van der Waals surface area contributed by atoms with Gasteiger partial charge in [-0.15, -0.1) is 0 Å².